The summed E-state index contributed by atoms with van der Waals surface area (Å²) in [6.45, 7) is 0.270. The highest BCUT2D eigenvalue weighted by Gasteiger charge is 2.31. The van der Waals surface area contributed by atoms with Gasteiger partial charge in [-0.15, -0.1) is 11.3 Å². The van der Waals surface area contributed by atoms with Gasteiger partial charge in [-0.25, -0.2) is 9.59 Å². The van der Waals surface area contributed by atoms with E-state index in [4.69, 9.17) is 32.7 Å². The molecule has 0 spiro atoms. The number of carbonyl (C=O) groups is 2. The quantitative estimate of drug-likeness (QED) is 0.788. The Morgan fingerprint density at radius 2 is 2.20 bits per heavy atom. The molecule has 3 rings (SSSR count). The van der Waals surface area contributed by atoms with Gasteiger partial charge in [-0.1, -0.05) is 29.3 Å². The second-order valence-electron chi connectivity index (χ2n) is 4.24. The number of cyclic esters (lactones) is 1. The maximum Gasteiger partial charge on any atom is 0.350 e. The van der Waals surface area contributed by atoms with Crippen LogP contribution in [-0.2, 0) is 14.3 Å². The van der Waals surface area contributed by atoms with Crippen LogP contribution in [0.2, 0.25) is 10.0 Å². The van der Waals surface area contributed by atoms with E-state index in [-0.39, 0.29) is 11.5 Å². The lowest BCUT2D eigenvalue weighted by Crippen LogP contribution is -2.22. The van der Waals surface area contributed by atoms with Gasteiger partial charge >= 0.3 is 11.9 Å². The van der Waals surface area contributed by atoms with Gasteiger partial charge in [0.2, 0.25) is 6.10 Å². The fraction of sp³-hybridized carbons (Fsp3) is 0.231. The number of benzene rings is 1. The smallest absolute Gasteiger partial charge is 0.350 e. The van der Waals surface area contributed by atoms with Crippen LogP contribution < -0.4 is 0 Å². The second-order valence-corrected chi connectivity index (χ2v) is 6.10. The molecule has 1 aromatic carbocycles. The van der Waals surface area contributed by atoms with Crippen LogP contribution in [0, 0.1) is 0 Å². The summed E-state index contributed by atoms with van der Waals surface area (Å²) in [4.78, 5) is 23.6. The molecule has 0 aliphatic carbocycles. The number of hydrogen-bond donors (Lipinski definition) is 0. The molecule has 0 bridgehead atoms. The number of hydrogen-bond acceptors (Lipinski definition) is 5. The molecule has 1 aliphatic rings. The molecule has 0 unspecified atom stereocenters. The van der Waals surface area contributed by atoms with Crippen LogP contribution in [0.3, 0.4) is 0 Å². The number of ether oxygens (including phenoxy) is 2. The van der Waals surface area contributed by atoms with E-state index in [0.717, 1.165) is 10.1 Å². The van der Waals surface area contributed by atoms with Crippen LogP contribution in [-0.4, -0.2) is 24.6 Å². The minimum Gasteiger partial charge on any atom is -0.463 e. The topological polar surface area (TPSA) is 52.6 Å². The van der Waals surface area contributed by atoms with Gasteiger partial charge in [0, 0.05) is 21.5 Å². The lowest BCUT2D eigenvalue weighted by Gasteiger charge is -2.06. The molecule has 104 valence electrons. The van der Waals surface area contributed by atoms with Crippen molar-refractivity contribution < 1.29 is 19.1 Å². The van der Waals surface area contributed by atoms with Crippen molar-refractivity contribution in [1.29, 1.82) is 0 Å². The summed E-state index contributed by atoms with van der Waals surface area (Å²) in [6.07, 6.45) is -0.466. The van der Waals surface area contributed by atoms with Gasteiger partial charge in [-0.3, -0.25) is 0 Å². The Hall–Kier alpha value is -1.30. The molecule has 0 N–H and O–H groups in total. The zero-order chi connectivity index (χ0) is 14.3. The molecule has 2 aromatic rings. The number of fused-ring (bicyclic) bond motifs is 1. The van der Waals surface area contributed by atoms with Gasteiger partial charge < -0.3 is 9.47 Å². The fourth-order valence-corrected chi connectivity index (χ4v) is 3.60. The van der Waals surface area contributed by atoms with Crippen molar-refractivity contribution in [1.82, 2.24) is 0 Å². The molecule has 0 amide bonds. The van der Waals surface area contributed by atoms with Crippen LogP contribution in [0.25, 0.3) is 10.1 Å². The molecule has 4 nitrogen and oxygen atoms in total. The third kappa shape index (κ3) is 2.37. The van der Waals surface area contributed by atoms with E-state index < -0.39 is 18.0 Å². The van der Waals surface area contributed by atoms with Crippen molar-refractivity contribution in [3.8, 4) is 0 Å². The molecule has 1 aromatic heterocycles. The van der Waals surface area contributed by atoms with E-state index in [2.05, 4.69) is 0 Å². The Morgan fingerprint density at radius 1 is 1.40 bits per heavy atom. The van der Waals surface area contributed by atoms with Crippen LogP contribution in [0.4, 0.5) is 0 Å². The van der Waals surface area contributed by atoms with Gasteiger partial charge in [0.15, 0.2) is 0 Å². The minimum absolute atomic E-state index is 0.267. The number of halogens is 2. The highest BCUT2D eigenvalue weighted by Crippen LogP contribution is 2.37. The zero-order valence-electron chi connectivity index (χ0n) is 10.0. The molecule has 20 heavy (non-hydrogen) atoms. The minimum atomic E-state index is -0.840. The van der Waals surface area contributed by atoms with Crippen LogP contribution >= 0.6 is 34.5 Å². The van der Waals surface area contributed by atoms with Crippen molar-refractivity contribution in [2.24, 2.45) is 0 Å². The lowest BCUT2D eigenvalue weighted by atomic mass is 10.2. The predicted molar refractivity (Wildman–Crippen MR) is 76.6 cm³/mol. The van der Waals surface area contributed by atoms with Gasteiger partial charge in [0.05, 0.1) is 11.6 Å². The van der Waals surface area contributed by atoms with Gasteiger partial charge in [-0.2, -0.15) is 0 Å². The highest BCUT2D eigenvalue weighted by atomic mass is 35.5. The molecule has 7 heteroatoms. The van der Waals surface area contributed by atoms with Crippen molar-refractivity contribution in [3.05, 3.63) is 33.1 Å². The standard InChI is InChI=1S/C13H8Cl2O4S/c14-6-1-2-7-9(5-6)20-11(10(7)15)13(17)19-8-3-4-18-12(8)16/h1-2,5,8H,3-4H2/t8-/m1/s1. The number of thiophene rings is 1. The molecule has 0 saturated carbocycles. The summed E-state index contributed by atoms with van der Waals surface area (Å²) in [5.74, 6) is -1.13. The van der Waals surface area contributed by atoms with Gasteiger partial charge in [0.25, 0.3) is 0 Å². The number of esters is 2. The van der Waals surface area contributed by atoms with E-state index in [9.17, 15) is 9.59 Å². The summed E-state index contributed by atoms with van der Waals surface area (Å²) in [6, 6.07) is 5.18. The maximum atomic E-state index is 12.1. The first-order valence-corrected chi connectivity index (χ1v) is 7.38. The van der Waals surface area contributed by atoms with Crippen molar-refractivity contribution in [2.75, 3.05) is 6.61 Å². The third-order valence-electron chi connectivity index (χ3n) is 2.91. The lowest BCUT2D eigenvalue weighted by molar-refractivity contribution is -0.145. The van der Waals surface area contributed by atoms with E-state index in [1.165, 1.54) is 11.3 Å². The molecule has 1 saturated heterocycles. The van der Waals surface area contributed by atoms with Crippen molar-refractivity contribution in [2.45, 2.75) is 12.5 Å². The molecule has 1 aliphatic heterocycles. The second kappa shape index (κ2) is 5.24. The van der Waals surface area contributed by atoms with E-state index in [1.54, 1.807) is 18.2 Å². The fourth-order valence-electron chi connectivity index (χ4n) is 1.94. The Labute approximate surface area is 128 Å². The summed E-state index contributed by atoms with van der Waals surface area (Å²) in [5, 5.41) is 1.62. The van der Waals surface area contributed by atoms with Gasteiger partial charge in [-0.05, 0) is 12.1 Å². The SMILES string of the molecule is O=C(O[C@@H]1CCOC1=O)c1sc2cc(Cl)ccc2c1Cl. The summed E-state index contributed by atoms with van der Waals surface area (Å²) in [7, 11) is 0. The summed E-state index contributed by atoms with van der Waals surface area (Å²) < 4.78 is 10.7. The molecule has 0 radical (unpaired) electrons. The number of rotatable bonds is 2. The Balaban J connectivity index is 1.91. The molecule has 2 heterocycles. The predicted octanol–water partition coefficient (Wildman–Crippen LogP) is 3.68. The first-order chi connectivity index (χ1) is 9.56. The van der Waals surface area contributed by atoms with Gasteiger partial charge in [0.1, 0.15) is 4.88 Å². The normalized spacial score (nSPS) is 18.3. The maximum absolute atomic E-state index is 12.1. The van der Waals surface area contributed by atoms with Crippen molar-refractivity contribution in [3.63, 3.8) is 0 Å². The average Bonchev–Trinajstić information content (AvgIpc) is 2.94. The zero-order valence-corrected chi connectivity index (χ0v) is 12.3. The van der Waals surface area contributed by atoms with Crippen molar-refractivity contribution >= 4 is 56.6 Å². The highest BCUT2D eigenvalue weighted by molar-refractivity contribution is 7.21. The first kappa shape index (κ1) is 13.7. The van der Waals surface area contributed by atoms with Crippen LogP contribution in [0.1, 0.15) is 16.1 Å². The first-order valence-electron chi connectivity index (χ1n) is 5.81. The van der Waals surface area contributed by atoms with E-state index in [1.807, 2.05) is 0 Å². The van der Waals surface area contributed by atoms with E-state index >= 15 is 0 Å². The molecular formula is C13H8Cl2O4S. The molecular weight excluding hydrogens is 323 g/mol. The summed E-state index contributed by atoms with van der Waals surface area (Å²) >= 11 is 13.3. The number of carbonyl (C=O) groups excluding carboxylic acids is 2. The monoisotopic (exact) mass is 330 g/mol. The van der Waals surface area contributed by atoms with E-state index in [0.29, 0.717) is 16.5 Å². The Kier molecular flexibility index (Phi) is 3.58. The Morgan fingerprint density at radius 3 is 2.90 bits per heavy atom. The molecule has 1 atom stereocenters. The van der Waals surface area contributed by atoms with Crippen LogP contribution in [0.15, 0.2) is 18.2 Å². The van der Waals surface area contributed by atoms with Crippen LogP contribution in [0.5, 0.6) is 0 Å². The largest absolute Gasteiger partial charge is 0.463 e. The molecule has 1 fully saturated rings. The Bertz CT molecular complexity index is 710. The third-order valence-corrected chi connectivity index (χ3v) is 4.79. The average molecular weight is 331 g/mol. The summed E-state index contributed by atoms with van der Waals surface area (Å²) in [5.41, 5.74) is 0.